The number of nitriles is 1. The molecule has 66 heavy (non-hydrogen) atoms. The van der Waals surface area contributed by atoms with Gasteiger partial charge in [0.15, 0.2) is 29.2 Å². The van der Waals surface area contributed by atoms with Crippen molar-refractivity contribution in [3.05, 3.63) is 24.3 Å². The summed E-state index contributed by atoms with van der Waals surface area (Å²) in [6.45, 7) is 26.7. The first kappa shape index (κ1) is 60.1. The molecule has 13 nitrogen and oxygen atoms in total. The van der Waals surface area contributed by atoms with E-state index in [0.717, 1.165) is 83.8 Å². The summed E-state index contributed by atoms with van der Waals surface area (Å²) in [5, 5.41) is 38.1. The smallest absolute Gasteiger partial charge is 0.305 e. The van der Waals surface area contributed by atoms with Crippen molar-refractivity contribution in [1.29, 1.82) is 5.26 Å². The van der Waals surface area contributed by atoms with Crippen molar-refractivity contribution in [1.82, 2.24) is 0 Å². The van der Waals surface area contributed by atoms with Crippen LogP contribution in [0.15, 0.2) is 24.3 Å². The van der Waals surface area contributed by atoms with Gasteiger partial charge in [-0.3, -0.25) is 9.59 Å². The zero-order chi connectivity index (χ0) is 49.6. The average molecular weight is 968 g/mol. The Balaban J connectivity index is 0.000000428. The monoisotopic (exact) mass is 968 g/mol. The normalized spacial score (nSPS) is 28.6. The van der Waals surface area contributed by atoms with E-state index >= 15 is 0 Å². The predicted octanol–water partition coefficient (Wildman–Crippen LogP) is 10.9. The van der Waals surface area contributed by atoms with Gasteiger partial charge in [-0.25, -0.2) is 0 Å². The molecule has 2 saturated carbocycles. The number of esters is 1. The lowest BCUT2D eigenvalue weighted by Gasteiger charge is -2.38. The van der Waals surface area contributed by atoms with Gasteiger partial charge in [-0.1, -0.05) is 65.8 Å². The first-order valence-electron chi connectivity index (χ1n) is 25.1. The number of rotatable bonds is 22. The largest absolute Gasteiger partial charge is 0.481 e. The highest BCUT2D eigenvalue weighted by atomic mass is 28.4. The zero-order valence-corrected chi connectivity index (χ0v) is 45.2. The molecule has 0 aromatic heterocycles. The minimum atomic E-state index is -1.91. The third-order valence-corrected chi connectivity index (χ3v) is 23.7. The van der Waals surface area contributed by atoms with Crippen LogP contribution in [0, 0.1) is 35.0 Å². The number of nitrogens with zero attached hydrogens (tertiary/aromatic N) is 1. The number of hydrogen-bond acceptors (Lipinski definition) is 12. The summed E-state index contributed by atoms with van der Waals surface area (Å²) in [4.78, 5) is 21.9. The Morgan fingerprint density at radius 3 is 1.41 bits per heavy atom. The molecular weight excluding hydrogens is 875 g/mol. The second-order valence-electron chi connectivity index (χ2n) is 21.7. The maximum absolute atomic E-state index is 11.2. The van der Waals surface area contributed by atoms with E-state index in [0.29, 0.717) is 38.9 Å². The molecule has 15 heteroatoms. The number of aliphatic hydroxyl groups is 2. The Labute approximate surface area is 401 Å². The molecule has 382 valence electrons. The lowest BCUT2D eigenvalue weighted by atomic mass is 9.91. The fourth-order valence-corrected chi connectivity index (χ4v) is 10.5. The number of carbonyl (C=O) groups is 2. The van der Waals surface area contributed by atoms with Crippen molar-refractivity contribution in [3.63, 3.8) is 0 Å². The maximum Gasteiger partial charge on any atom is 0.305 e. The lowest BCUT2D eigenvalue weighted by Crippen LogP contribution is -2.44. The molecule has 0 radical (unpaired) electrons. The lowest BCUT2D eigenvalue weighted by molar-refractivity contribution is -0.198. The molecule has 0 aromatic rings. The molecule has 0 bridgehead atoms. The summed E-state index contributed by atoms with van der Waals surface area (Å²) in [5.74, 6) is -0.480. The summed E-state index contributed by atoms with van der Waals surface area (Å²) in [6.07, 6.45) is 19.8. The van der Waals surface area contributed by atoms with Crippen molar-refractivity contribution >= 4 is 28.6 Å². The van der Waals surface area contributed by atoms with Gasteiger partial charge < -0.3 is 47.9 Å². The molecule has 2 saturated heterocycles. The molecule has 2 unspecified atom stereocenters. The number of allylic oxidation sites excluding steroid dienone is 4. The second kappa shape index (κ2) is 29.9. The maximum atomic E-state index is 11.2. The number of aliphatic hydroxyl groups excluding tert-OH is 2. The van der Waals surface area contributed by atoms with Gasteiger partial charge >= 0.3 is 11.9 Å². The van der Waals surface area contributed by atoms with Crippen molar-refractivity contribution in [2.24, 2.45) is 23.7 Å². The fraction of sp³-hybridized carbons (Fsp3) is 0.863. The van der Waals surface area contributed by atoms with Crippen LogP contribution in [0.5, 0.6) is 0 Å². The van der Waals surface area contributed by atoms with Crippen molar-refractivity contribution in [3.8, 4) is 6.07 Å². The highest BCUT2D eigenvalue weighted by Crippen LogP contribution is 2.44. The van der Waals surface area contributed by atoms with E-state index in [9.17, 15) is 19.8 Å². The summed E-state index contributed by atoms with van der Waals surface area (Å²) in [5.41, 5.74) is 0. The first-order valence-corrected chi connectivity index (χ1v) is 30.9. The van der Waals surface area contributed by atoms with Gasteiger partial charge in [0.25, 0.3) is 0 Å². The third-order valence-electron chi connectivity index (χ3n) is 14.7. The molecule has 2 aliphatic carbocycles. The average Bonchev–Trinajstić information content (AvgIpc) is 3.70. The van der Waals surface area contributed by atoms with Crippen molar-refractivity contribution in [2.45, 2.75) is 224 Å². The topological polar surface area (TPSA) is 183 Å². The SMILES string of the molecule is CC#N.CC(C)(C)[Si](C)(C)OC[C@@H]1[C@@H](C/C=C\CCCC(=O)O)[C@@H](O)C[C@H]1OC1CCCCO1.COC(=O)CCC/C=C\C[C@@H]1[C@@H](CO[Si](C)(C)C(C)(C)C)[C@H](OC2CCCCO2)C[C@@H]1O. The van der Waals surface area contributed by atoms with E-state index in [4.69, 9.17) is 38.2 Å². The molecule has 4 aliphatic rings. The second-order valence-corrected chi connectivity index (χ2v) is 31.4. The molecule has 4 fully saturated rings. The van der Waals surface area contributed by atoms with Gasteiger partial charge in [0.05, 0.1) is 37.6 Å². The van der Waals surface area contributed by atoms with Crippen LogP contribution in [0.1, 0.15) is 151 Å². The highest BCUT2D eigenvalue weighted by molar-refractivity contribution is 6.74. The van der Waals surface area contributed by atoms with Gasteiger partial charge in [-0.15, -0.1) is 0 Å². The molecule has 3 N–H and O–H groups in total. The highest BCUT2D eigenvalue weighted by Gasteiger charge is 2.48. The Hall–Kier alpha value is -1.98. The van der Waals surface area contributed by atoms with Gasteiger partial charge in [0.1, 0.15) is 0 Å². The van der Waals surface area contributed by atoms with Crippen LogP contribution in [-0.2, 0) is 42.1 Å². The van der Waals surface area contributed by atoms with Gasteiger partial charge in [-0.05, 0) is 125 Å². The summed E-state index contributed by atoms with van der Waals surface area (Å²) in [7, 11) is -2.39. The minimum Gasteiger partial charge on any atom is -0.481 e. The Bertz CT molecular complexity index is 1480. The number of carbonyl (C=O) groups excluding carboxylic acids is 1. The number of hydrogen-bond donors (Lipinski definition) is 3. The standard InChI is InChI=1S/C25H46O6Si.C24H44O6Si.C2H3N/c1-25(2,3)32(5,6)30-18-20-19(13-9-7-8-10-14-23(27)28-4)21(26)17-22(20)31-24-15-11-12-16-29-24;1-24(2,3)31(4,5)29-17-19-18(12-8-6-7-9-13-22(26)27)20(25)16-21(19)30-23-14-10-11-15-28-23;1-2-3/h7,9,19-22,24,26H,8,10-18H2,1-6H3;6,8,18-21,23,25H,7,9-17H2,1-5H3,(H,26,27);1H3/b9-7-;8-6-;/t19-,20-,21+,22-,24?;18-,19-,20+,21-,23?;/m11./s1. The van der Waals surface area contributed by atoms with Gasteiger partial charge in [0.2, 0.25) is 0 Å². The van der Waals surface area contributed by atoms with E-state index < -0.39 is 34.8 Å². The van der Waals surface area contributed by atoms with Crippen LogP contribution in [0.2, 0.25) is 36.3 Å². The van der Waals surface area contributed by atoms with Crippen LogP contribution < -0.4 is 0 Å². The van der Waals surface area contributed by atoms with E-state index in [1.165, 1.54) is 14.0 Å². The van der Waals surface area contributed by atoms with Crippen LogP contribution in [0.25, 0.3) is 0 Å². The summed E-state index contributed by atoms with van der Waals surface area (Å²) in [6, 6.07) is 1.75. The molecular formula is C51H93NO12Si2. The molecule has 2 heterocycles. The minimum absolute atomic E-state index is 0.0457. The zero-order valence-electron chi connectivity index (χ0n) is 43.2. The number of carboxylic acids is 1. The Morgan fingerprint density at radius 1 is 0.682 bits per heavy atom. The molecule has 0 aromatic carbocycles. The van der Waals surface area contributed by atoms with Crippen LogP contribution >= 0.6 is 0 Å². The third kappa shape index (κ3) is 21.3. The van der Waals surface area contributed by atoms with Crippen LogP contribution in [-0.4, -0.2) is 114 Å². The van der Waals surface area contributed by atoms with Gasteiger partial charge in [-0.2, -0.15) is 5.26 Å². The predicted molar refractivity (Wildman–Crippen MR) is 265 cm³/mol. The molecule has 10 atom stereocenters. The number of ether oxygens (including phenoxy) is 5. The fourth-order valence-electron chi connectivity index (χ4n) is 8.38. The number of unbranched alkanes of at least 4 members (excludes halogenated alkanes) is 2. The number of aliphatic carboxylic acids is 1. The van der Waals surface area contributed by atoms with E-state index in [1.54, 1.807) is 6.07 Å². The quantitative estimate of drug-likeness (QED) is 0.0404. The van der Waals surface area contributed by atoms with E-state index in [2.05, 4.69) is 90.7 Å². The molecule has 4 rings (SSSR count). The first-order chi connectivity index (χ1) is 31.0. The van der Waals surface area contributed by atoms with E-state index in [1.807, 2.05) is 6.08 Å². The Morgan fingerprint density at radius 2 is 1.08 bits per heavy atom. The Kier molecular flexibility index (Phi) is 27.3. The van der Waals surface area contributed by atoms with E-state index in [-0.39, 0.29) is 70.9 Å². The van der Waals surface area contributed by atoms with Crippen LogP contribution in [0.3, 0.4) is 0 Å². The molecule has 2 aliphatic heterocycles. The van der Waals surface area contributed by atoms with Crippen LogP contribution in [0.4, 0.5) is 0 Å². The summed E-state index contributed by atoms with van der Waals surface area (Å²) < 4.78 is 42.2. The molecule has 0 spiro atoms. The van der Waals surface area contributed by atoms with Crippen molar-refractivity contribution in [2.75, 3.05) is 33.5 Å². The van der Waals surface area contributed by atoms with Gasteiger partial charge in [0, 0.05) is 70.9 Å². The number of carboxylic acid groups (broad SMARTS) is 1. The summed E-state index contributed by atoms with van der Waals surface area (Å²) >= 11 is 0. The number of methoxy groups -OCH3 is 1. The molecule has 0 amide bonds. The van der Waals surface area contributed by atoms with Crippen molar-refractivity contribution < 1.29 is 57.4 Å².